The molecule has 2 aromatic heterocycles. The molecule has 7 heteroatoms. The van der Waals surface area contributed by atoms with Gasteiger partial charge in [-0.2, -0.15) is 4.80 Å². The highest BCUT2D eigenvalue weighted by Crippen LogP contribution is 2.26. The molecule has 5 rings (SSSR count). The fourth-order valence-electron chi connectivity index (χ4n) is 4.49. The summed E-state index contributed by atoms with van der Waals surface area (Å²) < 4.78 is 5.85. The summed E-state index contributed by atoms with van der Waals surface area (Å²) in [5.74, 6) is 1.12. The Morgan fingerprint density at radius 2 is 1.66 bits per heavy atom. The molecule has 192 valence electrons. The number of fused-ring (bicyclic) bond motifs is 1. The largest absolute Gasteiger partial charge is 0.457 e. The maximum atomic E-state index is 12.7. The van der Waals surface area contributed by atoms with Crippen LogP contribution in [-0.4, -0.2) is 34.0 Å². The van der Waals surface area contributed by atoms with Crippen LogP contribution in [-0.2, 0) is 4.79 Å². The number of amides is 1. The Kier molecular flexibility index (Phi) is 7.09. The van der Waals surface area contributed by atoms with Crippen molar-refractivity contribution in [3.8, 4) is 17.0 Å². The first-order valence-corrected chi connectivity index (χ1v) is 12.8. The van der Waals surface area contributed by atoms with Crippen LogP contribution in [0.25, 0.3) is 34.1 Å². The van der Waals surface area contributed by atoms with Gasteiger partial charge in [0.1, 0.15) is 22.6 Å². The molecule has 0 aliphatic heterocycles. The van der Waals surface area contributed by atoms with E-state index in [1.165, 1.54) is 11.8 Å². The van der Waals surface area contributed by atoms with Crippen LogP contribution < -0.4 is 10.2 Å². The maximum Gasteiger partial charge on any atom is 0.248 e. The number of aromatic nitrogens is 3. The van der Waals surface area contributed by atoms with E-state index in [1.54, 1.807) is 10.9 Å². The van der Waals surface area contributed by atoms with Crippen LogP contribution in [0.5, 0.6) is 0 Å². The molecule has 0 spiro atoms. The molecule has 0 unspecified atom stereocenters. The third kappa shape index (κ3) is 5.22. The maximum absolute atomic E-state index is 12.7. The quantitative estimate of drug-likeness (QED) is 0.235. The molecule has 0 saturated carbocycles. The fourth-order valence-corrected chi connectivity index (χ4v) is 4.49. The predicted octanol–water partition coefficient (Wildman–Crippen LogP) is 6.80. The summed E-state index contributed by atoms with van der Waals surface area (Å²) in [4.78, 5) is 16.6. The number of anilines is 2. The molecular formula is C31H31N5O2. The SMILES string of the molecule is CCN(CC)c1ccc(-n2nc3cc(C)c(NC(=O)C=Cc4ccc(-c5ccccc5)o4)cc3n2)c(C)c1. The summed E-state index contributed by atoms with van der Waals surface area (Å²) >= 11 is 0. The Morgan fingerprint density at radius 1 is 0.921 bits per heavy atom. The zero-order valence-electron chi connectivity index (χ0n) is 22.1. The molecule has 1 N–H and O–H groups in total. The molecule has 5 aromatic rings. The zero-order chi connectivity index (χ0) is 26.6. The van der Waals surface area contributed by atoms with Crippen LogP contribution in [0.1, 0.15) is 30.7 Å². The number of carbonyl (C=O) groups is 1. The highest BCUT2D eigenvalue weighted by Gasteiger charge is 2.13. The molecule has 0 fully saturated rings. The lowest BCUT2D eigenvalue weighted by Gasteiger charge is -2.22. The van der Waals surface area contributed by atoms with Gasteiger partial charge < -0.3 is 14.6 Å². The molecule has 38 heavy (non-hydrogen) atoms. The Hall–Kier alpha value is -4.65. The number of rotatable bonds is 8. The topological polar surface area (TPSA) is 76.2 Å². The average Bonchev–Trinajstić information content (AvgIpc) is 3.56. The number of benzene rings is 3. The molecule has 0 radical (unpaired) electrons. The minimum Gasteiger partial charge on any atom is -0.457 e. The smallest absolute Gasteiger partial charge is 0.248 e. The van der Waals surface area contributed by atoms with Gasteiger partial charge in [0.25, 0.3) is 0 Å². The number of carbonyl (C=O) groups excluding carboxylic acids is 1. The number of furan rings is 1. The van der Waals surface area contributed by atoms with E-state index < -0.39 is 0 Å². The Bertz CT molecular complexity index is 1610. The zero-order valence-corrected chi connectivity index (χ0v) is 22.1. The Morgan fingerprint density at radius 3 is 2.37 bits per heavy atom. The minimum absolute atomic E-state index is 0.250. The number of hydrogen-bond acceptors (Lipinski definition) is 5. The van der Waals surface area contributed by atoms with Crippen LogP contribution in [0, 0.1) is 13.8 Å². The first-order chi connectivity index (χ1) is 18.4. The lowest BCUT2D eigenvalue weighted by molar-refractivity contribution is -0.111. The van der Waals surface area contributed by atoms with Gasteiger partial charge >= 0.3 is 0 Å². The minimum atomic E-state index is -0.250. The van der Waals surface area contributed by atoms with Crippen LogP contribution in [0.15, 0.2) is 83.3 Å². The summed E-state index contributed by atoms with van der Waals surface area (Å²) in [5.41, 5.74) is 7.28. The summed E-state index contributed by atoms with van der Waals surface area (Å²) in [6.07, 6.45) is 3.13. The van der Waals surface area contributed by atoms with Gasteiger partial charge in [0.15, 0.2) is 0 Å². The van der Waals surface area contributed by atoms with E-state index in [0.717, 1.165) is 46.7 Å². The molecular weight excluding hydrogens is 474 g/mol. The van der Waals surface area contributed by atoms with Crippen molar-refractivity contribution >= 4 is 34.4 Å². The van der Waals surface area contributed by atoms with Crippen LogP contribution in [0.3, 0.4) is 0 Å². The monoisotopic (exact) mass is 505 g/mol. The van der Waals surface area contributed by atoms with Crippen LogP contribution >= 0.6 is 0 Å². The predicted molar refractivity (Wildman–Crippen MR) is 154 cm³/mol. The average molecular weight is 506 g/mol. The van der Waals surface area contributed by atoms with Crippen LogP contribution in [0.4, 0.5) is 11.4 Å². The second kappa shape index (κ2) is 10.8. The number of nitrogens with zero attached hydrogens (tertiary/aromatic N) is 4. The van der Waals surface area contributed by atoms with Gasteiger partial charge in [0.05, 0.1) is 5.69 Å². The Labute approximate surface area is 222 Å². The molecule has 1 amide bonds. The van der Waals surface area contributed by atoms with E-state index in [2.05, 4.69) is 49.2 Å². The molecule has 0 atom stereocenters. The summed E-state index contributed by atoms with van der Waals surface area (Å²) in [7, 11) is 0. The van der Waals surface area contributed by atoms with Gasteiger partial charge in [-0.3, -0.25) is 4.79 Å². The van der Waals surface area contributed by atoms with Crippen molar-refractivity contribution < 1.29 is 9.21 Å². The van der Waals surface area contributed by atoms with E-state index in [9.17, 15) is 4.79 Å². The van der Waals surface area contributed by atoms with E-state index in [1.807, 2.05) is 61.5 Å². The normalized spacial score (nSPS) is 11.4. The second-order valence-electron chi connectivity index (χ2n) is 9.18. The molecule has 0 bridgehead atoms. The van der Waals surface area contributed by atoms with Crippen molar-refractivity contribution in [1.82, 2.24) is 15.0 Å². The van der Waals surface area contributed by atoms with Gasteiger partial charge in [0.2, 0.25) is 5.91 Å². The molecule has 0 saturated heterocycles. The third-order valence-electron chi connectivity index (χ3n) is 6.59. The van der Waals surface area contributed by atoms with Gasteiger partial charge in [0, 0.05) is 36.1 Å². The molecule has 0 aliphatic rings. The lowest BCUT2D eigenvalue weighted by Crippen LogP contribution is -2.21. The number of aryl methyl sites for hydroxylation is 2. The van der Waals surface area contributed by atoms with Crippen molar-refractivity contribution in [2.45, 2.75) is 27.7 Å². The van der Waals surface area contributed by atoms with E-state index >= 15 is 0 Å². The third-order valence-corrected chi connectivity index (χ3v) is 6.59. The highest BCUT2D eigenvalue weighted by molar-refractivity contribution is 6.03. The first-order valence-electron chi connectivity index (χ1n) is 12.8. The van der Waals surface area contributed by atoms with Gasteiger partial charge in [-0.25, -0.2) is 0 Å². The summed E-state index contributed by atoms with van der Waals surface area (Å²) in [6, 6.07) is 23.7. The molecule has 7 nitrogen and oxygen atoms in total. The fraction of sp³-hybridized carbons (Fsp3) is 0.194. The summed E-state index contributed by atoms with van der Waals surface area (Å²) in [6.45, 7) is 10.2. The van der Waals surface area contributed by atoms with Crippen molar-refractivity contribution in [2.75, 3.05) is 23.3 Å². The van der Waals surface area contributed by atoms with E-state index in [4.69, 9.17) is 14.6 Å². The lowest BCUT2D eigenvalue weighted by atomic mass is 10.1. The first kappa shape index (κ1) is 25.0. The number of nitrogens with one attached hydrogen (secondary N) is 1. The molecule has 2 heterocycles. The van der Waals surface area contributed by atoms with Crippen molar-refractivity contribution in [2.24, 2.45) is 0 Å². The van der Waals surface area contributed by atoms with Crippen molar-refractivity contribution in [3.63, 3.8) is 0 Å². The van der Waals surface area contributed by atoms with Crippen molar-refractivity contribution in [3.05, 3.63) is 95.8 Å². The van der Waals surface area contributed by atoms with Crippen LogP contribution in [0.2, 0.25) is 0 Å². The highest BCUT2D eigenvalue weighted by atomic mass is 16.3. The summed E-state index contributed by atoms with van der Waals surface area (Å²) in [5, 5.41) is 12.4. The van der Waals surface area contributed by atoms with Gasteiger partial charge in [-0.05, 0) is 87.4 Å². The van der Waals surface area contributed by atoms with Gasteiger partial charge in [-0.15, -0.1) is 10.2 Å². The standard InChI is InChI=1S/C31H31N5O2/c1-5-35(6-2)24-12-15-29(22(4)18-24)36-33-27-19-21(3)26(20-28(27)34-36)32-31(37)17-14-25-13-16-30(38-25)23-10-8-7-9-11-23/h7-20H,5-6H2,1-4H3,(H,32,37). The molecule has 0 aliphatic carbocycles. The van der Waals surface area contributed by atoms with Gasteiger partial charge in [-0.1, -0.05) is 30.3 Å². The second-order valence-corrected chi connectivity index (χ2v) is 9.18. The van der Waals surface area contributed by atoms with E-state index in [0.29, 0.717) is 17.0 Å². The Balaban J connectivity index is 1.32. The van der Waals surface area contributed by atoms with E-state index in [-0.39, 0.29) is 5.91 Å². The number of hydrogen-bond donors (Lipinski definition) is 1. The van der Waals surface area contributed by atoms with Crippen molar-refractivity contribution in [1.29, 1.82) is 0 Å². The molecule has 3 aromatic carbocycles.